The third-order valence-electron chi connectivity index (χ3n) is 3.41. The Hall–Kier alpha value is -2.96. The molecule has 3 aromatic rings. The highest BCUT2D eigenvalue weighted by Gasteiger charge is 2.19. The summed E-state index contributed by atoms with van der Waals surface area (Å²) in [5.41, 5.74) is -5.80. The highest BCUT2D eigenvalue weighted by Crippen LogP contribution is 2.38. The summed E-state index contributed by atoms with van der Waals surface area (Å²) in [5, 5.41) is 10.1. The number of hydrogen-bond acceptors (Lipinski definition) is 4. The minimum Gasteiger partial charge on any atom is -0.481 e. The lowest BCUT2D eigenvalue weighted by atomic mass is 10.0. The second kappa shape index (κ2) is 9.24. The van der Waals surface area contributed by atoms with Crippen LogP contribution in [0.25, 0.3) is 29.5 Å². The van der Waals surface area contributed by atoms with Gasteiger partial charge < -0.3 is 19.9 Å². The maximum atomic E-state index is 14.9. The topological polar surface area (TPSA) is 82.7 Å². The van der Waals surface area contributed by atoms with Gasteiger partial charge in [0.1, 0.15) is 5.82 Å². The Bertz CT molecular complexity index is 2100. The predicted octanol–water partition coefficient (Wildman–Crippen LogP) is 4.63. The summed E-state index contributed by atoms with van der Waals surface area (Å²) in [6.45, 7) is -8.43. The van der Waals surface area contributed by atoms with E-state index in [0.717, 1.165) is 0 Å². The Morgan fingerprint density at radius 1 is 1.33 bits per heavy atom. The molecule has 0 aliphatic carbocycles. The van der Waals surface area contributed by atoms with Crippen LogP contribution in [-0.4, -0.2) is 40.9 Å². The second-order valence-corrected chi connectivity index (χ2v) is 5.27. The van der Waals surface area contributed by atoms with Gasteiger partial charge in [0.05, 0.1) is 36.4 Å². The van der Waals surface area contributed by atoms with Crippen LogP contribution in [0.4, 0.5) is 4.39 Å². The van der Waals surface area contributed by atoms with Crippen molar-refractivity contribution in [2.24, 2.45) is 0 Å². The molecule has 6 heteroatoms. The molecule has 5 nitrogen and oxygen atoms in total. The first-order valence-electron chi connectivity index (χ1n) is 20.4. The van der Waals surface area contributed by atoms with Crippen molar-refractivity contribution < 1.29 is 56.0 Å². The van der Waals surface area contributed by atoms with Gasteiger partial charge in [-0.25, -0.2) is 4.39 Å². The minimum absolute atomic E-state index is 0.340. The standard InChI is InChI=1S/C24H26FNO4/c1-15(2)26-21-6-4-3-5-20(21)24(16-7-9-17(25)10-8-16)22(26)12-11-18(27)13-19(28)14-23(29)30/h3-12,15,18-19,27-28H,13-14H2,1-2H3,(H,29,30)/b12-11+/t18-,19-/m0/s1/i1D3,2D3,3D,4D,5D,6D,7D,8D,9D,10D,11D,12D,13D2,14D2,15D,18D,19D,27D,28D/hD. The molecule has 2 aromatic carbocycles. The van der Waals surface area contributed by atoms with Gasteiger partial charge >= 0.3 is 5.97 Å². The molecule has 1 aromatic heterocycles. The molecule has 0 amide bonds. The molecule has 3 N–H and O–H groups in total. The number of benzene rings is 2. The zero-order chi connectivity index (χ0) is 44.0. The van der Waals surface area contributed by atoms with Gasteiger partial charge in [0.15, 0.2) is 0 Å². The first-order valence-corrected chi connectivity index (χ1v) is 7.68. The van der Waals surface area contributed by atoms with Crippen molar-refractivity contribution >= 4 is 22.9 Å². The van der Waals surface area contributed by atoms with E-state index in [-0.39, 0.29) is 4.57 Å². The molecule has 3 rings (SSSR count). The molecule has 0 fully saturated rings. The van der Waals surface area contributed by atoms with Crippen molar-refractivity contribution in [1.29, 1.82) is 4.29 Å². The zero-order valence-corrected chi connectivity index (χ0v) is 14.5. The first-order chi connectivity index (χ1) is 25.1. The summed E-state index contributed by atoms with van der Waals surface area (Å²) in [5.74, 6) is -4.29. The summed E-state index contributed by atoms with van der Waals surface area (Å²) < 4.78 is 229. The fourth-order valence-electron chi connectivity index (χ4n) is 2.38. The number of halogens is 1. The van der Waals surface area contributed by atoms with E-state index in [0.29, 0.717) is 0 Å². The molecule has 30 heavy (non-hydrogen) atoms. The molecule has 0 saturated carbocycles. The van der Waals surface area contributed by atoms with E-state index in [1.807, 2.05) is 0 Å². The van der Waals surface area contributed by atoms with Crippen molar-refractivity contribution in [3.63, 3.8) is 0 Å². The number of aromatic nitrogens is 1. The Morgan fingerprint density at radius 3 is 2.83 bits per heavy atom. The van der Waals surface area contributed by atoms with Crippen molar-refractivity contribution in [3.8, 4) is 11.1 Å². The number of nitrogens with zero attached hydrogens (tertiary/aromatic N) is 1. The number of fused-ring (bicyclic) bond motifs is 1. The molecule has 0 aliphatic heterocycles. The molecule has 0 bridgehead atoms. The van der Waals surface area contributed by atoms with Crippen LogP contribution in [0.3, 0.4) is 0 Å². The molecular weight excluding hydrogens is 385 g/mol. The number of rotatable bonds is 10. The van der Waals surface area contributed by atoms with Crippen LogP contribution in [-0.2, 0) is 4.79 Å². The van der Waals surface area contributed by atoms with Gasteiger partial charge in [-0.1, -0.05) is 36.3 Å². The Morgan fingerprint density at radius 2 is 2.13 bits per heavy atom. The van der Waals surface area contributed by atoms with E-state index in [1.165, 1.54) is 0 Å². The highest BCUT2D eigenvalue weighted by molar-refractivity contribution is 6.01. The average Bonchev–Trinajstić information content (AvgIpc) is 3.46. The van der Waals surface area contributed by atoms with Crippen LogP contribution < -0.4 is 0 Å². The lowest BCUT2D eigenvalue weighted by Gasteiger charge is -2.15. The Labute approximate surface area is 211 Å². The molecule has 1 heterocycles. The van der Waals surface area contributed by atoms with Gasteiger partial charge in [0.2, 0.25) is 2.86 Å². The fraction of sp³-hybridized carbons (Fsp3) is 0.292. The third kappa shape index (κ3) is 4.78. The molecular formula is C24H26FNO4. The summed E-state index contributed by atoms with van der Waals surface area (Å²) in [6.07, 6.45) is -18.1. The number of aliphatic hydroxyl groups is 2. The molecule has 158 valence electrons. The van der Waals surface area contributed by atoms with Crippen LogP contribution in [0, 0.1) is 5.82 Å². The lowest BCUT2D eigenvalue weighted by Crippen LogP contribution is -2.19. The van der Waals surface area contributed by atoms with Crippen LogP contribution in [0.1, 0.15) is 69.7 Å². The molecule has 2 atom stereocenters. The number of carbonyl (C=O) groups is 1. The first kappa shape index (κ1) is 6.05. The number of carboxylic acids is 1. The number of hydrogen-bond donors (Lipinski definition) is 3. The maximum Gasteiger partial charge on any atom is 0.305 e. The largest absolute Gasteiger partial charge is 0.481 e. The smallest absolute Gasteiger partial charge is 0.305 e. The Balaban J connectivity index is 3.00. The second-order valence-electron chi connectivity index (χ2n) is 5.27. The van der Waals surface area contributed by atoms with Crippen molar-refractivity contribution in [1.82, 2.24) is 4.57 Å². The monoisotopic (exact) mass is 437 g/mol. The summed E-state index contributed by atoms with van der Waals surface area (Å²) in [4.78, 5) is 12.2. The van der Waals surface area contributed by atoms with Gasteiger partial charge in [-0.3, -0.25) is 4.79 Å². The molecule has 0 aliphatic rings. The molecule has 0 saturated heterocycles. The third-order valence-corrected chi connectivity index (χ3v) is 3.41. The van der Waals surface area contributed by atoms with E-state index in [2.05, 4.69) is 15.3 Å². The van der Waals surface area contributed by atoms with Crippen LogP contribution in [0.15, 0.2) is 54.4 Å². The summed E-state index contributed by atoms with van der Waals surface area (Å²) in [7, 11) is 0. The molecule has 0 spiro atoms. The predicted molar refractivity (Wildman–Crippen MR) is 116 cm³/mol. The SMILES string of the molecule is [2H]OC(=O)C([2H])([2H])[C@@]([2H])(O[2H])C([2H])([2H])[C@@]([2H])(O[2H])/C([2H])=C(\[2H])c1c(-c2c([2H])c([2H])c(F)c([2H])c2[2H])c2c([2H])c([2H])c([2H])c([2H])c2n1C([2H])(C([2H])([2H])[2H])C([2H])([2H])[2H]. The summed E-state index contributed by atoms with van der Waals surface area (Å²) in [6, 6.07) is -19.9. The van der Waals surface area contributed by atoms with Gasteiger partial charge in [-0.15, -0.1) is 0 Å². The maximum absolute atomic E-state index is 14.9. The highest BCUT2D eigenvalue weighted by atomic mass is 19.1. The van der Waals surface area contributed by atoms with Gasteiger partial charge in [-0.05, 0) is 43.4 Å². The van der Waals surface area contributed by atoms with Crippen molar-refractivity contribution in [2.75, 3.05) is 0 Å². The van der Waals surface area contributed by atoms with Crippen LogP contribution in [0.2, 0.25) is 0 Å². The average molecular weight is 438 g/mol. The van der Waals surface area contributed by atoms with E-state index < -0.39 is 145 Å². The van der Waals surface area contributed by atoms with Gasteiger partial charge in [0.25, 0.3) is 1.43 Å². The Kier molecular flexibility index (Phi) is 1.86. The summed E-state index contributed by atoms with van der Waals surface area (Å²) >= 11 is 0. The fourth-order valence-corrected chi connectivity index (χ4v) is 2.38. The molecule has 0 radical (unpaired) electrons. The number of para-hydroxylation sites is 1. The van der Waals surface area contributed by atoms with Crippen LogP contribution >= 0.6 is 0 Å². The number of aliphatic carboxylic acids is 1. The van der Waals surface area contributed by atoms with E-state index >= 15 is 0 Å². The van der Waals surface area contributed by atoms with Gasteiger partial charge in [-0.2, -0.15) is 0 Å². The quantitative estimate of drug-likeness (QED) is 0.432. The van der Waals surface area contributed by atoms with Crippen molar-refractivity contribution in [2.45, 2.75) is 44.6 Å². The normalized spacial score (nSPS) is 31.1. The van der Waals surface area contributed by atoms with E-state index in [4.69, 9.17) is 35.8 Å². The van der Waals surface area contributed by atoms with E-state index in [9.17, 15) is 9.18 Å². The van der Waals surface area contributed by atoms with Gasteiger partial charge in [0, 0.05) is 48.3 Å². The van der Waals surface area contributed by atoms with Crippen molar-refractivity contribution in [3.05, 3.63) is 65.9 Å². The van der Waals surface area contributed by atoms with E-state index in [1.54, 1.807) is 0 Å². The number of carboxylic acid groups (broad SMARTS) is 1. The zero-order valence-electron chi connectivity index (χ0n) is 40.5. The van der Waals surface area contributed by atoms with Crippen LogP contribution in [0.5, 0.6) is 0 Å². The molecule has 0 unspecified atom stereocenters. The minimum atomic E-state index is -4.66. The lowest BCUT2D eigenvalue weighted by molar-refractivity contribution is -0.139.